The molecule has 1 amide bonds. The summed E-state index contributed by atoms with van der Waals surface area (Å²) in [6, 6.07) is 5.03. The second-order valence-electron chi connectivity index (χ2n) is 8.01. The molecule has 0 aliphatic heterocycles. The fourth-order valence-corrected chi connectivity index (χ4v) is 3.85. The number of amides is 1. The van der Waals surface area contributed by atoms with Crippen LogP contribution in [0.25, 0.3) is 16.9 Å². The van der Waals surface area contributed by atoms with Gasteiger partial charge in [-0.25, -0.2) is 4.68 Å². The number of aromatic nitrogens is 4. The van der Waals surface area contributed by atoms with Gasteiger partial charge in [-0.1, -0.05) is 17.7 Å². The molecule has 1 aliphatic carbocycles. The number of carbonyl (C=O) groups is 1. The summed E-state index contributed by atoms with van der Waals surface area (Å²) in [5.41, 5.74) is -0.335. The van der Waals surface area contributed by atoms with E-state index in [-0.39, 0.29) is 28.4 Å². The lowest BCUT2D eigenvalue weighted by atomic mass is 10.1. The number of aryl methyl sites for hydroxylation is 1. The zero-order chi connectivity index (χ0) is 24.3. The van der Waals surface area contributed by atoms with Crippen LogP contribution in [0.15, 0.2) is 30.6 Å². The molecular weight excluding hydrogens is 469 g/mol. The van der Waals surface area contributed by atoms with E-state index in [1.54, 1.807) is 30.1 Å². The van der Waals surface area contributed by atoms with Gasteiger partial charge < -0.3 is 4.90 Å². The lowest BCUT2D eigenvalue weighted by Gasteiger charge is -2.18. The fourth-order valence-electron chi connectivity index (χ4n) is 3.65. The molecule has 1 aliphatic rings. The lowest BCUT2D eigenvalue weighted by molar-refractivity contribution is -0.291. The molecule has 0 unspecified atom stereocenters. The number of benzene rings is 1. The average molecular weight is 488 g/mol. The Morgan fingerprint density at radius 3 is 2.45 bits per heavy atom. The highest BCUT2D eigenvalue weighted by atomic mass is 35.5. The van der Waals surface area contributed by atoms with Crippen molar-refractivity contribution in [2.24, 2.45) is 7.05 Å². The molecule has 12 heteroatoms. The smallest absolute Gasteiger partial charge is 0.339 e. The monoisotopic (exact) mass is 487 g/mol. The summed E-state index contributed by atoms with van der Waals surface area (Å²) in [7, 11) is 2.97. The molecule has 0 bridgehead atoms. The van der Waals surface area contributed by atoms with Gasteiger partial charge in [-0.05, 0) is 37.5 Å². The molecule has 3 aromatic rings. The van der Waals surface area contributed by atoms with Gasteiger partial charge in [0.2, 0.25) is 0 Å². The van der Waals surface area contributed by atoms with Crippen LogP contribution in [0.1, 0.15) is 34.5 Å². The van der Waals surface area contributed by atoms with E-state index in [0.29, 0.717) is 16.7 Å². The van der Waals surface area contributed by atoms with Crippen molar-refractivity contribution in [3.63, 3.8) is 0 Å². The number of hydrogen-bond donors (Lipinski definition) is 0. The quantitative estimate of drug-likeness (QED) is 0.469. The topological polar surface area (TPSA) is 56.0 Å². The Labute approximate surface area is 190 Å². The van der Waals surface area contributed by atoms with Gasteiger partial charge in [0.1, 0.15) is 5.69 Å². The van der Waals surface area contributed by atoms with Gasteiger partial charge in [0.05, 0.1) is 16.8 Å². The number of nitrogens with zero attached hydrogens (tertiary/aromatic N) is 5. The van der Waals surface area contributed by atoms with Gasteiger partial charge in [-0.3, -0.25) is 9.48 Å². The summed E-state index contributed by atoms with van der Waals surface area (Å²) in [4.78, 5) is 14.4. The zero-order valence-corrected chi connectivity index (χ0v) is 18.5. The second kappa shape index (κ2) is 7.82. The van der Waals surface area contributed by atoms with Gasteiger partial charge in [0.25, 0.3) is 5.91 Å². The first-order valence-electron chi connectivity index (χ1n) is 9.93. The molecule has 2 heterocycles. The van der Waals surface area contributed by atoms with Crippen molar-refractivity contribution >= 4 is 17.5 Å². The van der Waals surface area contributed by atoms with E-state index in [4.69, 9.17) is 11.6 Å². The molecule has 0 spiro atoms. The van der Waals surface area contributed by atoms with Crippen molar-refractivity contribution in [2.45, 2.75) is 37.9 Å². The predicted octanol–water partition coefficient (Wildman–Crippen LogP) is 5.12. The standard InChI is InChI=1S/C21H19ClF5N5O/c1-11-17(20(23,24)21(25,26)27)29-31(3)18(11)32-10-13(9-28-32)12-4-7-16(22)15(8-12)19(33)30(2)14-5-6-14/h4,7-10,14H,5-6H2,1-3H3. The Morgan fingerprint density at radius 2 is 1.85 bits per heavy atom. The molecule has 1 aromatic carbocycles. The maximum absolute atomic E-state index is 13.9. The van der Waals surface area contributed by atoms with E-state index < -0.39 is 17.8 Å². The van der Waals surface area contributed by atoms with Crippen LogP contribution in [0.3, 0.4) is 0 Å². The Bertz CT molecular complexity index is 1230. The third-order valence-electron chi connectivity index (χ3n) is 5.65. The summed E-state index contributed by atoms with van der Waals surface area (Å²) in [5, 5.41) is 7.81. The number of rotatable bonds is 5. The first-order valence-corrected chi connectivity index (χ1v) is 10.3. The molecule has 1 fully saturated rings. The van der Waals surface area contributed by atoms with Gasteiger partial charge in [0.15, 0.2) is 5.82 Å². The van der Waals surface area contributed by atoms with Gasteiger partial charge in [0, 0.05) is 37.5 Å². The van der Waals surface area contributed by atoms with Crippen LogP contribution < -0.4 is 0 Å². The Morgan fingerprint density at radius 1 is 1.18 bits per heavy atom. The summed E-state index contributed by atoms with van der Waals surface area (Å²) >= 11 is 6.23. The first kappa shape index (κ1) is 23.2. The zero-order valence-electron chi connectivity index (χ0n) is 17.8. The molecule has 33 heavy (non-hydrogen) atoms. The second-order valence-corrected chi connectivity index (χ2v) is 8.42. The molecule has 176 valence electrons. The van der Waals surface area contributed by atoms with E-state index in [0.717, 1.165) is 24.4 Å². The molecule has 4 rings (SSSR count). The molecule has 6 nitrogen and oxygen atoms in total. The Hall–Kier alpha value is -2.95. The van der Waals surface area contributed by atoms with Crippen molar-refractivity contribution in [3.8, 4) is 16.9 Å². The Balaban J connectivity index is 1.70. The summed E-state index contributed by atoms with van der Waals surface area (Å²) < 4.78 is 68.5. The van der Waals surface area contributed by atoms with Crippen LogP contribution in [0, 0.1) is 6.92 Å². The highest BCUT2D eigenvalue weighted by Gasteiger charge is 2.61. The molecule has 0 atom stereocenters. The Kier molecular flexibility index (Phi) is 5.50. The third kappa shape index (κ3) is 3.98. The van der Waals surface area contributed by atoms with Crippen LogP contribution in [-0.4, -0.2) is 49.6 Å². The lowest BCUT2D eigenvalue weighted by Crippen LogP contribution is -2.34. The van der Waals surface area contributed by atoms with Gasteiger partial charge >= 0.3 is 12.1 Å². The van der Waals surface area contributed by atoms with Gasteiger partial charge in [-0.15, -0.1) is 0 Å². The van der Waals surface area contributed by atoms with E-state index in [1.807, 2.05) is 0 Å². The molecule has 0 saturated heterocycles. The SMILES string of the molecule is Cc1c(C(F)(F)C(F)(F)F)nn(C)c1-n1cc(-c2ccc(Cl)c(C(=O)N(C)C3CC3)c2)cn1. The van der Waals surface area contributed by atoms with Gasteiger partial charge in [-0.2, -0.15) is 32.1 Å². The van der Waals surface area contributed by atoms with E-state index in [2.05, 4.69) is 10.2 Å². The maximum atomic E-state index is 13.9. The van der Waals surface area contributed by atoms with Crippen molar-refractivity contribution < 1.29 is 26.7 Å². The maximum Gasteiger partial charge on any atom is 0.459 e. The molecular formula is C21H19ClF5N5O. The molecule has 2 aromatic heterocycles. The van der Waals surface area contributed by atoms with Crippen LogP contribution in [0.5, 0.6) is 0 Å². The van der Waals surface area contributed by atoms with Crippen LogP contribution in [0.4, 0.5) is 22.0 Å². The van der Waals surface area contributed by atoms with Crippen LogP contribution in [0.2, 0.25) is 5.02 Å². The minimum absolute atomic E-state index is 0.0427. The first-order chi connectivity index (χ1) is 15.3. The molecule has 0 N–H and O–H groups in total. The number of alkyl halides is 5. The van der Waals surface area contributed by atoms with Crippen LogP contribution >= 0.6 is 11.6 Å². The number of halogens is 6. The summed E-state index contributed by atoms with van der Waals surface area (Å²) in [6.45, 7) is 1.13. The third-order valence-corrected chi connectivity index (χ3v) is 5.97. The average Bonchev–Trinajstić information content (AvgIpc) is 3.40. The summed E-state index contributed by atoms with van der Waals surface area (Å²) in [6.07, 6.45) is -1.03. The van der Waals surface area contributed by atoms with Crippen molar-refractivity contribution in [1.82, 2.24) is 24.5 Å². The minimum Gasteiger partial charge on any atom is -0.339 e. The van der Waals surface area contributed by atoms with Crippen LogP contribution in [-0.2, 0) is 13.0 Å². The minimum atomic E-state index is -5.78. The predicted molar refractivity (Wildman–Crippen MR) is 111 cm³/mol. The number of hydrogen-bond acceptors (Lipinski definition) is 3. The normalized spacial score (nSPS) is 14.6. The molecule has 1 saturated carbocycles. The summed E-state index contributed by atoms with van der Waals surface area (Å²) in [5.74, 6) is -5.38. The molecule has 0 radical (unpaired) electrons. The number of carbonyl (C=O) groups excluding carboxylic acids is 1. The van der Waals surface area contributed by atoms with Crippen molar-refractivity contribution in [2.75, 3.05) is 7.05 Å². The van der Waals surface area contributed by atoms with Crippen molar-refractivity contribution in [1.29, 1.82) is 0 Å². The highest BCUT2D eigenvalue weighted by Crippen LogP contribution is 2.45. The highest BCUT2D eigenvalue weighted by molar-refractivity contribution is 6.34. The fraction of sp³-hybridized carbons (Fsp3) is 0.381. The van der Waals surface area contributed by atoms with E-state index in [9.17, 15) is 26.7 Å². The largest absolute Gasteiger partial charge is 0.459 e. The van der Waals surface area contributed by atoms with Crippen molar-refractivity contribution in [3.05, 3.63) is 52.4 Å². The van der Waals surface area contributed by atoms with E-state index >= 15 is 0 Å². The van der Waals surface area contributed by atoms with E-state index in [1.165, 1.54) is 24.1 Å².